The fourth-order valence-corrected chi connectivity index (χ4v) is 2.63. The summed E-state index contributed by atoms with van der Waals surface area (Å²) in [6.07, 6.45) is 4.31. The van der Waals surface area contributed by atoms with Gasteiger partial charge in [-0.2, -0.15) is 0 Å². The molecular formula is C18H30BrNO3. The van der Waals surface area contributed by atoms with Crippen molar-refractivity contribution in [2.75, 3.05) is 33.5 Å². The summed E-state index contributed by atoms with van der Waals surface area (Å²) in [5, 5.41) is 3.45. The van der Waals surface area contributed by atoms with Gasteiger partial charge in [0.2, 0.25) is 0 Å². The SMILES string of the molecule is CCCCOCCCNCc1cc(Br)cc(OC)c1OCCC. The van der Waals surface area contributed by atoms with E-state index in [-0.39, 0.29) is 0 Å². The summed E-state index contributed by atoms with van der Waals surface area (Å²) in [6.45, 7) is 8.33. The molecule has 1 aromatic carbocycles. The highest BCUT2D eigenvalue weighted by molar-refractivity contribution is 9.10. The molecular weight excluding hydrogens is 358 g/mol. The van der Waals surface area contributed by atoms with Gasteiger partial charge in [-0.05, 0) is 37.9 Å². The van der Waals surface area contributed by atoms with Crippen molar-refractivity contribution in [3.8, 4) is 11.5 Å². The standard InChI is InChI=1S/C18H30BrNO3/c1-4-6-10-22-11-7-8-20-14-15-12-16(19)13-17(21-3)18(15)23-9-5-2/h12-13,20H,4-11,14H2,1-3H3. The van der Waals surface area contributed by atoms with Gasteiger partial charge in [-0.15, -0.1) is 0 Å². The van der Waals surface area contributed by atoms with Gasteiger partial charge in [0.05, 0.1) is 13.7 Å². The number of nitrogens with one attached hydrogen (secondary N) is 1. The van der Waals surface area contributed by atoms with Crippen molar-refractivity contribution in [1.29, 1.82) is 0 Å². The third-order valence-electron chi connectivity index (χ3n) is 3.37. The average Bonchev–Trinajstić information content (AvgIpc) is 2.55. The van der Waals surface area contributed by atoms with Gasteiger partial charge in [0.25, 0.3) is 0 Å². The molecule has 0 saturated heterocycles. The summed E-state index contributed by atoms with van der Waals surface area (Å²) in [6, 6.07) is 4.02. The van der Waals surface area contributed by atoms with E-state index >= 15 is 0 Å². The molecule has 0 aliphatic carbocycles. The molecule has 0 radical (unpaired) electrons. The highest BCUT2D eigenvalue weighted by atomic mass is 79.9. The zero-order chi connectivity index (χ0) is 16.9. The Morgan fingerprint density at radius 2 is 1.83 bits per heavy atom. The van der Waals surface area contributed by atoms with Crippen LogP contribution < -0.4 is 14.8 Å². The lowest BCUT2D eigenvalue weighted by Gasteiger charge is -2.16. The minimum atomic E-state index is 0.691. The second-order valence-corrected chi connectivity index (χ2v) is 6.36. The van der Waals surface area contributed by atoms with Crippen molar-refractivity contribution in [2.45, 2.75) is 46.1 Å². The quantitative estimate of drug-likeness (QED) is 0.504. The highest BCUT2D eigenvalue weighted by Crippen LogP contribution is 2.35. The molecule has 5 heteroatoms. The molecule has 0 unspecified atom stereocenters. The Balaban J connectivity index is 2.46. The number of hydrogen-bond acceptors (Lipinski definition) is 4. The maximum atomic E-state index is 5.88. The van der Waals surface area contributed by atoms with E-state index in [2.05, 4.69) is 41.2 Å². The maximum absolute atomic E-state index is 5.88. The first-order valence-corrected chi connectivity index (χ1v) is 9.29. The van der Waals surface area contributed by atoms with Gasteiger partial charge in [-0.3, -0.25) is 0 Å². The molecule has 1 N–H and O–H groups in total. The van der Waals surface area contributed by atoms with E-state index in [1.807, 2.05) is 6.07 Å². The van der Waals surface area contributed by atoms with Gasteiger partial charge in [0, 0.05) is 29.8 Å². The molecule has 0 spiro atoms. The number of rotatable bonds is 13. The molecule has 0 amide bonds. The van der Waals surface area contributed by atoms with Gasteiger partial charge in [0.1, 0.15) is 0 Å². The Hall–Kier alpha value is -0.780. The number of unbranched alkanes of at least 4 members (excludes halogenated alkanes) is 1. The summed E-state index contributed by atoms with van der Waals surface area (Å²) >= 11 is 3.53. The minimum absolute atomic E-state index is 0.691. The van der Waals surface area contributed by atoms with E-state index in [9.17, 15) is 0 Å². The summed E-state index contributed by atoms with van der Waals surface area (Å²) in [5.74, 6) is 1.61. The van der Waals surface area contributed by atoms with Crippen LogP contribution in [0.2, 0.25) is 0 Å². The van der Waals surface area contributed by atoms with E-state index in [1.54, 1.807) is 7.11 Å². The third kappa shape index (κ3) is 8.04. The van der Waals surface area contributed by atoms with Gasteiger partial charge < -0.3 is 19.5 Å². The molecule has 0 fully saturated rings. The maximum Gasteiger partial charge on any atom is 0.165 e. The number of halogens is 1. The lowest BCUT2D eigenvalue weighted by atomic mass is 10.2. The van der Waals surface area contributed by atoms with Crippen LogP contribution in [0.15, 0.2) is 16.6 Å². The van der Waals surface area contributed by atoms with Crippen LogP contribution in [-0.2, 0) is 11.3 Å². The zero-order valence-corrected chi connectivity index (χ0v) is 16.2. The smallest absolute Gasteiger partial charge is 0.165 e. The van der Waals surface area contributed by atoms with Gasteiger partial charge >= 0.3 is 0 Å². The summed E-state index contributed by atoms with van der Waals surface area (Å²) in [4.78, 5) is 0. The fourth-order valence-electron chi connectivity index (χ4n) is 2.14. The third-order valence-corrected chi connectivity index (χ3v) is 3.82. The van der Waals surface area contributed by atoms with Crippen molar-refractivity contribution in [2.24, 2.45) is 0 Å². The van der Waals surface area contributed by atoms with Crippen molar-refractivity contribution in [1.82, 2.24) is 5.32 Å². The molecule has 0 saturated carbocycles. The topological polar surface area (TPSA) is 39.7 Å². The van der Waals surface area contributed by atoms with Crippen LogP contribution >= 0.6 is 15.9 Å². The Bertz CT molecular complexity index is 441. The van der Waals surface area contributed by atoms with E-state index in [4.69, 9.17) is 14.2 Å². The van der Waals surface area contributed by atoms with Crippen LogP contribution in [0, 0.1) is 0 Å². The predicted octanol–water partition coefficient (Wildman–Crippen LogP) is 4.54. The van der Waals surface area contributed by atoms with Gasteiger partial charge in [-0.25, -0.2) is 0 Å². The van der Waals surface area contributed by atoms with Crippen LogP contribution in [0.25, 0.3) is 0 Å². The summed E-state index contributed by atoms with van der Waals surface area (Å²) in [7, 11) is 1.67. The number of ether oxygens (including phenoxy) is 3. The van der Waals surface area contributed by atoms with Crippen molar-refractivity contribution in [3.63, 3.8) is 0 Å². The molecule has 0 bridgehead atoms. The minimum Gasteiger partial charge on any atom is -0.493 e. The predicted molar refractivity (Wildman–Crippen MR) is 98.5 cm³/mol. The second kappa shape index (κ2) is 12.6. The molecule has 1 aromatic rings. The van der Waals surface area contributed by atoms with Crippen molar-refractivity contribution >= 4 is 15.9 Å². The Morgan fingerprint density at radius 1 is 1.04 bits per heavy atom. The van der Waals surface area contributed by atoms with Crippen LogP contribution in [0.1, 0.15) is 45.1 Å². The largest absolute Gasteiger partial charge is 0.493 e. The van der Waals surface area contributed by atoms with Crippen LogP contribution in [0.3, 0.4) is 0 Å². The fraction of sp³-hybridized carbons (Fsp3) is 0.667. The van der Waals surface area contributed by atoms with Crippen LogP contribution in [0.4, 0.5) is 0 Å². The van der Waals surface area contributed by atoms with E-state index < -0.39 is 0 Å². The molecule has 0 aromatic heterocycles. The first-order chi connectivity index (χ1) is 11.2. The number of hydrogen-bond donors (Lipinski definition) is 1. The Morgan fingerprint density at radius 3 is 2.52 bits per heavy atom. The van der Waals surface area contributed by atoms with Gasteiger partial charge in [0.15, 0.2) is 11.5 Å². The molecule has 132 valence electrons. The molecule has 23 heavy (non-hydrogen) atoms. The molecule has 0 heterocycles. The van der Waals surface area contributed by atoms with Crippen molar-refractivity contribution < 1.29 is 14.2 Å². The lowest BCUT2D eigenvalue weighted by molar-refractivity contribution is 0.128. The van der Waals surface area contributed by atoms with E-state index in [0.29, 0.717) is 6.61 Å². The summed E-state index contributed by atoms with van der Waals surface area (Å²) in [5.41, 5.74) is 1.11. The normalized spacial score (nSPS) is 10.8. The Kier molecular flexibility index (Phi) is 11.1. The molecule has 1 rings (SSSR count). The summed E-state index contributed by atoms with van der Waals surface area (Å²) < 4.78 is 17.9. The molecule has 0 atom stereocenters. The lowest BCUT2D eigenvalue weighted by Crippen LogP contribution is -2.17. The molecule has 0 aliphatic heterocycles. The monoisotopic (exact) mass is 387 g/mol. The first-order valence-electron chi connectivity index (χ1n) is 8.50. The molecule has 4 nitrogen and oxygen atoms in total. The van der Waals surface area contributed by atoms with Crippen molar-refractivity contribution in [3.05, 3.63) is 22.2 Å². The zero-order valence-electron chi connectivity index (χ0n) is 14.6. The van der Waals surface area contributed by atoms with E-state index in [0.717, 1.165) is 67.1 Å². The van der Waals surface area contributed by atoms with E-state index in [1.165, 1.54) is 6.42 Å². The second-order valence-electron chi connectivity index (χ2n) is 5.44. The molecule has 0 aliphatic rings. The highest BCUT2D eigenvalue weighted by Gasteiger charge is 2.12. The average molecular weight is 388 g/mol. The first kappa shape index (κ1) is 20.3. The Labute approximate surface area is 149 Å². The van der Waals surface area contributed by atoms with Crippen LogP contribution in [-0.4, -0.2) is 33.5 Å². The number of methoxy groups -OCH3 is 1. The number of benzene rings is 1. The van der Waals surface area contributed by atoms with Gasteiger partial charge in [-0.1, -0.05) is 36.2 Å². The van der Waals surface area contributed by atoms with Crippen LogP contribution in [0.5, 0.6) is 11.5 Å².